The van der Waals surface area contributed by atoms with Gasteiger partial charge in [-0.05, 0) is 50.7 Å². The molecule has 0 aliphatic heterocycles. The van der Waals surface area contributed by atoms with Crippen LogP contribution in [-0.2, 0) is 11.3 Å². The number of likely N-dealkylation sites (N-methyl/N-ethyl adjacent to an activating group) is 1. The fourth-order valence-corrected chi connectivity index (χ4v) is 2.24. The van der Waals surface area contributed by atoms with Gasteiger partial charge in [-0.25, -0.2) is 0 Å². The highest BCUT2D eigenvalue weighted by Gasteiger charge is 2.18. The van der Waals surface area contributed by atoms with Gasteiger partial charge in [0.2, 0.25) is 5.91 Å². The van der Waals surface area contributed by atoms with Crippen LogP contribution in [0.5, 0.6) is 0 Å². The lowest BCUT2D eigenvalue weighted by Crippen LogP contribution is -2.39. The van der Waals surface area contributed by atoms with Gasteiger partial charge >= 0.3 is 0 Å². The number of amides is 1. The number of nitrogens with one attached hydrogen (secondary N) is 1. The quantitative estimate of drug-likeness (QED) is 0.832. The SMILES string of the molecule is CC(=O)c1ccc(NC(=O)[C@@H](C)N(C)Cc2ccccc2)cc1. The van der Waals surface area contributed by atoms with E-state index in [0.29, 0.717) is 17.8 Å². The van der Waals surface area contributed by atoms with E-state index in [-0.39, 0.29) is 17.7 Å². The minimum atomic E-state index is -0.261. The summed E-state index contributed by atoms with van der Waals surface area (Å²) in [4.78, 5) is 25.6. The van der Waals surface area contributed by atoms with E-state index in [1.165, 1.54) is 12.5 Å². The van der Waals surface area contributed by atoms with Crippen LogP contribution in [0.3, 0.4) is 0 Å². The van der Waals surface area contributed by atoms with Gasteiger partial charge in [-0.1, -0.05) is 30.3 Å². The van der Waals surface area contributed by atoms with Crippen LogP contribution in [0.2, 0.25) is 0 Å². The average Bonchev–Trinajstić information content (AvgIpc) is 2.55. The van der Waals surface area contributed by atoms with Crippen LogP contribution in [0, 0.1) is 0 Å². The Hall–Kier alpha value is -2.46. The third kappa shape index (κ3) is 4.76. The number of hydrogen-bond donors (Lipinski definition) is 1. The number of ketones is 1. The maximum Gasteiger partial charge on any atom is 0.241 e. The second-order valence-corrected chi connectivity index (χ2v) is 5.70. The summed E-state index contributed by atoms with van der Waals surface area (Å²) in [6.07, 6.45) is 0. The summed E-state index contributed by atoms with van der Waals surface area (Å²) in [7, 11) is 1.93. The van der Waals surface area contributed by atoms with Gasteiger partial charge in [-0.2, -0.15) is 0 Å². The second kappa shape index (κ2) is 7.70. The Morgan fingerprint density at radius 1 is 1.04 bits per heavy atom. The van der Waals surface area contributed by atoms with E-state index in [2.05, 4.69) is 5.32 Å². The normalized spacial score (nSPS) is 12.0. The zero-order valence-corrected chi connectivity index (χ0v) is 13.7. The molecule has 0 fully saturated rings. The molecule has 1 amide bonds. The Bertz CT molecular complexity index is 666. The number of carbonyl (C=O) groups excluding carboxylic acids is 2. The number of carbonyl (C=O) groups is 2. The number of hydrogen-bond acceptors (Lipinski definition) is 3. The van der Waals surface area contributed by atoms with Gasteiger partial charge in [-0.15, -0.1) is 0 Å². The molecule has 2 aromatic rings. The molecule has 1 N–H and O–H groups in total. The summed E-state index contributed by atoms with van der Waals surface area (Å²) in [5.41, 5.74) is 2.50. The number of rotatable bonds is 6. The molecule has 0 bridgehead atoms. The third-order valence-corrected chi connectivity index (χ3v) is 3.87. The maximum atomic E-state index is 12.3. The van der Waals surface area contributed by atoms with Gasteiger partial charge in [0.05, 0.1) is 6.04 Å². The summed E-state index contributed by atoms with van der Waals surface area (Å²) in [5, 5.41) is 2.88. The fourth-order valence-electron chi connectivity index (χ4n) is 2.24. The van der Waals surface area contributed by atoms with Crippen molar-refractivity contribution in [2.24, 2.45) is 0 Å². The van der Waals surface area contributed by atoms with Crippen molar-refractivity contribution in [3.63, 3.8) is 0 Å². The monoisotopic (exact) mass is 310 g/mol. The molecule has 0 saturated carbocycles. The molecule has 0 radical (unpaired) electrons. The Morgan fingerprint density at radius 2 is 1.65 bits per heavy atom. The zero-order chi connectivity index (χ0) is 16.8. The van der Waals surface area contributed by atoms with Crippen LogP contribution in [0.15, 0.2) is 54.6 Å². The first kappa shape index (κ1) is 16.9. The van der Waals surface area contributed by atoms with Crippen LogP contribution in [0.25, 0.3) is 0 Å². The molecule has 0 saturated heterocycles. The van der Waals surface area contributed by atoms with Gasteiger partial charge in [0.25, 0.3) is 0 Å². The Balaban J connectivity index is 1.95. The Labute approximate surface area is 137 Å². The highest BCUT2D eigenvalue weighted by atomic mass is 16.2. The average molecular weight is 310 g/mol. The van der Waals surface area contributed by atoms with Crippen molar-refractivity contribution in [1.29, 1.82) is 0 Å². The van der Waals surface area contributed by atoms with E-state index < -0.39 is 0 Å². The second-order valence-electron chi connectivity index (χ2n) is 5.70. The number of anilines is 1. The lowest BCUT2D eigenvalue weighted by molar-refractivity contribution is -0.120. The first-order valence-corrected chi connectivity index (χ1v) is 7.63. The van der Waals surface area contributed by atoms with E-state index in [1.54, 1.807) is 24.3 Å². The van der Waals surface area contributed by atoms with Crippen LogP contribution in [0.4, 0.5) is 5.69 Å². The fraction of sp³-hybridized carbons (Fsp3) is 0.263. The van der Waals surface area contributed by atoms with Crippen molar-refractivity contribution >= 4 is 17.4 Å². The maximum absolute atomic E-state index is 12.3. The first-order chi connectivity index (χ1) is 11.0. The topological polar surface area (TPSA) is 49.4 Å². The lowest BCUT2D eigenvalue weighted by Gasteiger charge is -2.24. The van der Waals surface area contributed by atoms with Gasteiger partial charge in [0, 0.05) is 17.8 Å². The first-order valence-electron chi connectivity index (χ1n) is 7.63. The standard InChI is InChI=1S/C19H22N2O2/c1-14(21(3)13-16-7-5-4-6-8-16)19(23)20-18-11-9-17(10-12-18)15(2)22/h4-12,14H,13H2,1-3H3,(H,20,23)/t14-/m1/s1. The van der Waals surface area contributed by atoms with E-state index in [4.69, 9.17) is 0 Å². The molecule has 0 aromatic heterocycles. The molecule has 23 heavy (non-hydrogen) atoms. The summed E-state index contributed by atoms with van der Waals surface area (Å²) >= 11 is 0. The van der Waals surface area contributed by atoms with E-state index in [9.17, 15) is 9.59 Å². The molecule has 0 heterocycles. The van der Waals surface area contributed by atoms with E-state index in [0.717, 1.165) is 0 Å². The van der Waals surface area contributed by atoms with Crippen molar-refractivity contribution in [3.05, 3.63) is 65.7 Å². The largest absolute Gasteiger partial charge is 0.325 e. The summed E-state index contributed by atoms with van der Waals surface area (Å²) in [5.74, 6) is -0.0576. The van der Waals surface area contributed by atoms with Crippen LogP contribution >= 0.6 is 0 Å². The van der Waals surface area contributed by atoms with Gasteiger partial charge in [-0.3, -0.25) is 14.5 Å². The van der Waals surface area contributed by atoms with Gasteiger partial charge in [0.15, 0.2) is 5.78 Å². The lowest BCUT2D eigenvalue weighted by atomic mass is 10.1. The van der Waals surface area contributed by atoms with Gasteiger partial charge < -0.3 is 5.32 Å². The van der Waals surface area contributed by atoms with Crippen molar-refractivity contribution in [3.8, 4) is 0 Å². The summed E-state index contributed by atoms with van der Waals surface area (Å²) < 4.78 is 0. The van der Waals surface area contributed by atoms with Gasteiger partial charge in [0.1, 0.15) is 0 Å². The Morgan fingerprint density at radius 3 is 2.22 bits per heavy atom. The van der Waals surface area contributed by atoms with Crippen molar-refractivity contribution in [2.75, 3.05) is 12.4 Å². The molecule has 1 atom stereocenters. The third-order valence-electron chi connectivity index (χ3n) is 3.87. The van der Waals surface area contributed by atoms with Crippen LogP contribution in [0.1, 0.15) is 29.8 Å². The smallest absolute Gasteiger partial charge is 0.241 e. The minimum absolute atomic E-state index is 0.0128. The molecule has 0 aliphatic rings. The zero-order valence-electron chi connectivity index (χ0n) is 13.7. The van der Waals surface area contributed by atoms with Crippen LogP contribution < -0.4 is 5.32 Å². The molecule has 4 heteroatoms. The Kier molecular flexibility index (Phi) is 5.66. The van der Waals surface area contributed by atoms with Crippen molar-refractivity contribution < 1.29 is 9.59 Å². The minimum Gasteiger partial charge on any atom is -0.325 e. The number of nitrogens with zero attached hydrogens (tertiary/aromatic N) is 1. The van der Waals surface area contributed by atoms with E-state index >= 15 is 0 Å². The predicted octanol–water partition coefficient (Wildman–Crippen LogP) is 3.35. The molecular formula is C19H22N2O2. The van der Waals surface area contributed by atoms with E-state index in [1.807, 2.05) is 49.2 Å². The molecule has 2 aromatic carbocycles. The summed E-state index contributed by atoms with van der Waals surface area (Å²) in [6.45, 7) is 4.11. The highest BCUT2D eigenvalue weighted by Crippen LogP contribution is 2.12. The predicted molar refractivity (Wildman–Crippen MR) is 92.4 cm³/mol. The number of benzene rings is 2. The van der Waals surface area contributed by atoms with Crippen molar-refractivity contribution in [2.45, 2.75) is 26.4 Å². The van der Waals surface area contributed by atoms with Crippen molar-refractivity contribution in [1.82, 2.24) is 4.90 Å². The number of Topliss-reactive ketones (excluding diaryl/α,β-unsaturated/α-hetero) is 1. The molecule has 120 valence electrons. The molecular weight excluding hydrogens is 288 g/mol. The molecule has 2 rings (SSSR count). The molecule has 0 spiro atoms. The molecule has 0 aliphatic carbocycles. The highest BCUT2D eigenvalue weighted by molar-refractivity contribution is 5.96. The molecule has 0 unspecified atom stereocenters. The molecule has 4 nitrogen and oxygen atoms in total. The summed E-state index contributed by atoms with van der Waals surface area (Å²) in [6, 6.07) is 16.7. The van der Waals surface area contributed by atoms with Crippen LogP contribution in [-0.4, -0.2) is 29.7 Å².